The van der Waals surface area contributed by atoms with E-state index in [1.54, 1.807) is 0 Å². The predicted molar refractivity (Wildman–Crippen MR) is 69.7 cm³/mol. The molecule has 1 aliphatic heterocycles. The smallest absolute Gasteiger partial charge is 0.243 e. The van der Waals surface area contributed by atoms with Crippen LogP contribution in [0.3, 0.4) is 0 Å². The minimum absolute atomic E-state index is 0.0473. The molecule has 0 bridgehead atoms. The second kappa shape index (κ2) is 4.89. The lowest BCUT2D eigenvalue weighted by Crippen LogP contribution is -2.51. The number of amides is 1. The number of likely N-dealkylation sites (N-methyl/N-ethyl adjacent to an activating group) is 2. The topological polar surface area (TPSA) is 47.3 Å². The van der Waals surface area contributed by atoms with Crippen LogP contribution in [0.15, 0.2) is 0 Å². The van der Waals surface area contributed by atoms with Crippen molar-refractivity contribution in [1.29, 1.82) is 5.26 Å². The summed E-state index contributed by atoms with van der Waals surface area (Å²) >= 11 is 0. The maximum absolute atomic E-state index is 12.5. The fourth-order valence-electron chi connectivity index (χ4n) is 3.20. The Kier molecular flexibility index (Phi) is 3.63. The van der Waals surface area contributed by atoms with Crippen molar-refractivity contribution in [2.24, 2.45) is 11.3 Å². The highest BCUT2D eigenvalue weighted by Gasteiger charge is 2.48. The zero-order valence-electron chi connectivity index (χ0n) is 11.6. The molecule has 2 rings (SSSR count). The average molecular weight is 249 g/mol. The molecule has 2 atom stereocenters. The van der Waals surface area contributed by atoms with Crippen molar-refractivity contribution < 1.29 is 4.79 Å². The van der Waals surface area contributed by atoms with Gasteiger partial charge in [0.2, 0.25) is 5.91 Å². The third-order valence-electron chi connectivity index (χ3n) is 4.74. The molecule has 1 amide bonds. The number of nitriles is 1. The Hall–Kier alpha value is -1.08. The van der Waals surface area contributed by atoms with E-state index in [2.05, 4.69) is 24.8 Å². The Morgan fingerprint density at radius 3 is 2.56 bits per heavy atom. The SMILES string of the molecule is CCN1CC(C)C(N(C)C(=O)C2(C#N)CCC2)C1. The zero-order chi connectivity index (χ0) is 13.3. The lowest BCUT2D eigenvalue weighted by Gasteiger charge is -2.39. The quantitative estimate of drug-likeness (QED) is 0.761. The number of nitrogens with zero attached hydrogens (tertiary/aromatic N) is 3. The molecule has 0 aromatic rings. The molecule has 1 heterocycles. The summed E-state index contributed by atoms with van der Waals surface area (Å²) in [4.78, 5) is 16.7. The first-order chi connectivity index (χ1) is 8.54. The minimum atomic E-state index is -0.700. The van der Waals surface area contributed by atoms with Crippen molar-refractivity contribution in [3.05, 3.63) is 0 Å². The van der Waals surface area contributed by atoms with E-state index in [4.69, 9.17) is 0 Å². The van der Waals surface area contributed by atoms with Gasteiger partial charge >= 0.3 is 0 Å². The molecular weight excluding hydrogens is 226 g/mol. The molecule has 4 nitrogen and oxygen atoms in total. The summed E-state index contributed by atoms with van der Waals surface area (Å²) in [5.41, 5.74) is -0.700. The highest BCUT2D eigenvalue weighted by molar-refractivity contribution is 5.86. The molecule has 2 fully saturated rings. The van der Waals surface area contributed by atoms with Crippen LogP contribution in [0, 0.1) is 22.7 Å². The lowest BCUT2D eigenvalue weighted by atomic mass is 9.69. The van der Waals surface area contributed by atoms with E-state index in [-0.39, 0.29) is 11.9 Å². The van der Waals surface area contributed by atoms with Crippen LogP contribution in [-0.2, 0) is 4.79 Å². The third-order valence-corrected chi connectivity index (χ3v) is 4.74. The van der Waals surface area contributed by atoms with E-state index >= 15 is 0 Å². The van der Waals surface area contributed by atoms with Crippen LogP contribution in [-0.4, -0.2) is 48.4 Å². The summed E-state index contributed by atoms with van der Waals surface area (Å²) in [7, 11) is 1.88. The van der Waals surface area contributed by atoms with Gasteiger partial charge in [-0.15, -0.1) is 0 Å². The molecular formula is C14H23N3O. The number of likely N-dealkylation sites (tertiary alicyclic amines) is 1. The van der Waals surface area contributed by atoms with Crippen LogP contribution in [0.25, 0.3) is 0 Å². The number of hydrogen-bond donors (Lipinski definition) is 0. The fraction of sp³-hybridized carbons (Fsp3) is 0.857. The van der Waals surface area contributed by atoms with Crippen LogP contribution in [0.1, 0.15) is 33.1 Å². The van der Waals surface area contributed by atoms with Crippen molar-refractivity contribution in [3.63, 3.8) is 0 Å². The predicted octanol–water partition coefficient (Wildman–Crippen LogP) is 1.48. The van der Waals surface area contributed by atoms with Gasteiger partial charge in [0, 0.05) is 26.2 Å². The van der Waals surface area contributed by atoms with Crippen LogP contribution < -0.4 is 0 Å². The molecule has 2 unspecified atom stereocenters. The minimum Gasteiger partial charge on any atom is -0.340 e. The van der Waals surface area contributed by atoms with Gasteiger partial charge in [-0.1, -0.05) is 13.8 Å². The number of hydrogen-bond acceptors (Lipinski definition) is 3. The first-order valence-corrected chi connectivity index (χ1v) is 6.95. The highest BCUT2D eigenvalue weighted by Crippen LogP contribution is 2.42. The van der Waals surface area contributed by atoms with Crippen LogP contribution >= 0.6 is 0 Å². The maximum Gasteiger partial charge on any atom is 0.243 e. The number of carbonyl (C=O) groups is 1. The summed E-state index contributed by atoms with van der Waals surface area (Å²) in [6.07, 6.45) is 2.49. The van der Waals surface area contributed by atoms with Gasteiger partial charge in [0.25, 0.3) is 0 Å². The van der Waals surface area contributed by atoms with Gasteiger partial charge in [0.1, 0.15) is 5.41 Å². The molecule has 0 radical (unpaired) electrons. The molecule has 0 aromatic carbocycles. The van der Waals surface area contributed by atoms with E-state index in [0.29, 0.717) is 5.92 Å². The maximum atomic E-state index is 12.5. The molecule has 0 N–H and O–H groups in total. The molecule has 0 aromatic heterocycles. The average Bonchev–Trinajstić information content (AvgIpc) is 2.69. The van der Waals surface area contributed by atoms with E-state index in [1.165, 1.54) is 0 Å². The van der Waals surface area contributed by atoms with E-state index in [9.17, 15) is 10.1 Å². The third kappa shape index (κ3) is 2.01. The number of carbonyl (C=O) groups excluding carboxylic acids is 1. The fourth-order valence-corrected chi connectivity index (χ4v) is 3.20. The largest absolute Gasteiger partial charge is 0.340 e. The molecule has 1 saturated carbocycles. The van der Waals surface area contributed by atoms with Crippen molar-refractivity contribution in [1.82, 2.24) is 9.80 Å². The summed E-state index contributed by atoms with van der Waals surface area (Å²) in [5, 5.41) is 9.25. The Bertz CT molecular complexity index is 370. The second-order valence-electron chi connectivity index (χ2n) is 5.86. The Morgan fingerprint density at radius 1 is 1.50 bits per heavy atom. The van der Waals surface area contributed by atoms with Gasteiger partial charge in [-0.25, -0.2) is 0 Å². The zero-order valence-corrected chi connectivity index (χ0v) is 11.6. The van der Waals surface area contributed by atoms with Gasteiger partial charge in [-0.3, -0.25) is 4.79 Å². The van der Waals surface area contributed by atoms with Gasteiger partial charge < -0.3 is 9.80 Å². The van der Waals surface area contributed by atoms with E-state index in [1.807, 2.05) is 11.9 Å². The molecule has 1 aliphatic carbocycles. The van der Waals surface area contributed by atoms with Crippen LogP contribution in [0.2, 0.25) is 0 Å². The normalized spacial score (nSPS) is 30.6. The van der Waals surface area contributed by atoms with Crippen molar-refractivity contribution >= 4 is 5.91 Å². The van der Waals surface area contributed by atoms with Gasteiger partial charge in [-0.05, 0) is 31.7 Å². The monoisotopic (exact) mass is 249 g/mol. The number of rotatable bonds is 3. The van der Waals surface area contributed by atoms with Gasteiger partial charge in [-0.2, -0.15) is 5.26 Å². The van der Waals surface area contributed by atoms with Crippen LogP contribution in [0.5, 0.6) is 0 Å². The summed E-state index contributed by atoms with van der Waals surface area (Å²) < 4.78 is 0. The lowest BCUT2D eigenvalue weighted by molar-refractivity contribution is -0.144. The Labute approximate surface area is 110 Å². The molecule has 2 aliphatic rings. The summed E-state index contributed by atoms with van der Waals surface area (Å²) in [5.74, 6) is 0.542. The molecule has 100 valence electrons. The van der Waals surface area contributed by atoms with Crippen LogP contribution in [0.4, 0.5) is 0 Å². The summed E-state index contributed by atoms with van der Waals surface area (Å²) in [6.45, 7) is 7.38. The Morgan fingerprint density at radius 2 is 2.17 bits per heavy atom. The molecule has 18 heavy (non-hydrogen) atoms. The second-order valence-corrected chi connectivity index (χ2v) is 5.86. The van der Waals surface area contributed by atoms with Gasteiger partial charge in [0.15, 0.2) is 0 Å². The first kappa shape index (κ1) is 13.4. The standard InChI is InChI=1S/C14H23N3O/c1-4-17-8-11(2)12(9-17)16(3)13(18)14(10-15)6-5-7-14/h11-12H,4-9H2,1-3H3. The Balaban J connectivity index is 2.05. The van der Waals surface area contributed by atoms with E-state index < -0.39 is 5.41 Å². The van der Waals surface area contributed by atoms with Gasteiger partial charge in [0.05, 0.1) is 6.07 Å². The first-order valence-electron chi connectivity index (χ1n) is 6.95. The van der Waals surface area contributed by atoms with Crippen molar-refractivity contribution in [2.45, 2.75) is 39.2 Å². The molecule has 1 saturated heterocycles. The molecule has 4 heteroatoms. The highest BCUT2D eigenvalue weighted by atomic mass is 16.2. The summed E-state index contributed by atoms with van der Waals surface area (Å²) in [6, 6.07) is 2.52. The van der Waals surface area contributed by atoms with E-state index in [0.717, 1.165) is 38.9 Å². The van der Waals surface area contributed by atoms with Crippen molar-refractivity contribution in [2.75, 3.05) is 26.7 Å². The molecule has 0 spiro atoms. The van der Waals surface area contributed by atoms with Crippen molar-refractivity contribution in [3.8, 4) is 6.07 Å².